The summed E-state index contributed by atoms with van der Waals surface area (Å²) in [5.74, 6) is 0.455. The molecule has 0 aromatic heterocycles. The summed E-state index contributed by atoms with van der Waals surface area (Å²) in [5.41, 5.74) is 3.19. The zero-order chi connectivity index (χ0) is 22.6. The van der Waals surface area contributed by atoms with Gasteiger partial charge in [-0.05, 0) is 53.4 Å². The zero-order valence-electron chi connectivity index (χ0n) is 19.0. The van der Waals surface area contributed by atoms with Crippen molar-refractivity contribution in [3.63, 3.8) is 0 Å². The minimum Gasteiger partial charge on any atom is -0.371 e. The van der Waals surface area contributed by atoms with Crippen LogP contribution in [0, 0.1) is 5.92 Å². The third-order valence-corrected chi connectivity index (χ3v) is 7.20. The average molecular weight is 442 g/mol. The molecule has 2 fully saturated rings. The lowest BCUT2D eigenvalue weighted by atomic mass is 9.94. The molecular formula is C28H31N3O2. The van der Waals surface area contributed by atoms with Crippen molar-refractivity contribution >= 4 is 28.7 Å². The van der Waals surface area contributed by atoms with E-state index in [9.17, 15) is 9.59 Å². The van der Waals surface area contributed by atoms with Gasteiger partial charge in [-0.25, -0.2) is 0 Å². The van der Waals surface area contributed by atoms with E-state index < -0.39 is 0 Å². The highest BCUT2D eigenvalue weighted by Gasteiger charge is 2.30. The van der Waals surface area contributed by atoms with Crippen molar-refractivity contribution in [2.75, 3.05) is 44.2 Å². The molecule has 170 valence electrons. The SMILES string of the molecule is O=Cc1ccc(N2CCC(C(=O)N3CCN(Cc4cccc5ccccc45)CC3)CC2)cc1. The van der Waals surface area contributed by atoms with Gasteiger partial charge in [0.25, 0.3) is 0 Å². The number of piperidine rings is 1. The monoisotopic (exact) mass is 441 g/mol. The zero-order valence-corrected chi connectivity index (χ0v) is 19.0. The van der Waals surface area contributed by atoms with Gasteiger partial charge in [0.05, 0.1) is 0 Å². The van der Waals surface area contributed by atoms with Crippen LogP contribution in [0.1, 0.15) is 28.8 Å². The molecule has 0 bridgehead atoms. The van der Waals surface area contributed by atoms with E-state index in [1.54, 1.807) is 0 Å². The Balaban J connectivity index is 1.12. The van der Waals surface area contributed by atoms with E-state index in [4.69, 9.17) is 0 Å². The molecule has 3 aromatic rings. The molecule has 2 heterocycles. The van der Waals surface area contributed by atoms with Crippen molar-refractivity contribution < 1.29 is 9.59 Å². The van der Waals surface area contributed by atoms with Crippen LogP contribution in [0.5, 0.6) is 0 Å². The number of nitrogens with zero attached hydrogens (tertiary/aromatic N) is 3. The van der Waals surface area contributed by atoms with Gasteiger partial charge in [0.2, 0.25) is 5.91 Å². The summed E-state index contributed by atoms with van der Waals surface area (Å²) >= 11 is 0. The first kappa shape index (κ1) is 21.7. The molecule has 0 spiro atoms. The molecule has 5 nitrogen and oxygen atoms in total. The van der Waals surface area contributed by atoms with Gasteiger partial charge < -0.3 is 9.80 Å². The summed E-state index contributed by atoms with van der Waals surface area (Å²) in [6.45, 7) is 6.20. The molecule has 33 heavy (non-hydrogen) atoms. The second kappa shape index (κ2) is 9.75. The number of fused-ring (bicyclic) bond motifs is 1. The van der Waals surface area contributed by atoms with Crippen LogP contribution in [0.4, 0.5) is 5.69 Å². The molecule has 5 rings (SSSR count). The van der Waals surface area contributed by atoms with E-state index in [0.29, 0.717) is 11.5 Å². The van der Waals surface area contributed by atoms with Gasteiger partial charge >= 0.3 is 0 Å². The van der Waals surface area contributed by atoms with Crippen LogP contribution < -0.4 is 4.90 Å². The number of piperazine rings is 1. The van der Waals surface area contributed by atoms with Gasteiger partial charge in [0, 0.05) is 63.0 Å². The predicted octanol–water partition coefficient (Wildman–Crippen LogP) is 4.21. The lowest BCUT2D eigenvalue weighted by Gasteiger charge is -2.39. The highest BCUT2D eigenvalue weighted by atomic mass is 16.2. The van der Waals surface area contributed by atoms with E-state index in [0.717, 1.165) is 70.6 Å². The smallest absolute Gasteiger partial charge is 0.225 e. The molecule has 0 aliphatic carbocycles. The molecule has 5 heteroatoms. The summed E-state index contributed by atoms with van der Waals surface area (Å²) in [4.78, 5) is 30.9. The van der Waals surface area contributed by atoms with Crippen molar-refractivity contribution in [1.82, 2.24) is 9.80 Å². The number of rotatable bonds is 5. The lowest BCUT2D eigenvalue weighted by molar-refractivity contribution is -0.138. The second-order valence-electron chi connectivity index (χ2n) is 9.21. The quantitative estimate of drug-likeness (QED) is 0.557. The number of amides is 1. The van der Waals surface area contributed by atoms with Crippen molar-refractivity contribution in [2.24, 2.45) is 5.92 Å². The molecule has 2 saturated heterocycles. The molecule has 0 saturated carbocycles. The van der Waals surface area contributed by atoms with Crippen molar-refractivity contribution in [3.05, 3.63) is 77.9 Å². The van der Waals surface area contributed by atoms with Crippen molar-refractivity contribution in [3.8, 4) is 0 Å². The molecule has 3 aromatic carbocycles. The minimum absolute atomic E-state index is 0.125. The predicted molar refractivity (Wildman–Crippen MR) is 133 cm³/mol. The number of hydrogen-bond acceptors (Lipinski definition) is 4. The number of carbonyl (C=O) groups excluding carboxylic acids is 2. The van der Waals surface area contributed by atoms with Crippen molar-refractivity contribution in [2.45, 2.75) is 19.4 Å². The Bertz CT molecular complexity index is 1110. The van der Waals surface area contributed by atoms with E-state index in [1.807, 2.05) is 24.3 Å². The van der Waals surface area contributed by atoms with Gasteiger partial charge in [-0.2, -0.15) is 0 Å². The van der Waals surface area contributed by atoms with Crippen LogP contribution in [0.25, 0.3) is 10.8 Å². The highest BCUT2D eigenvalue weighted by molar-refractivity contribution is 5.85. The molecule has 2 aliphatic rings. The maximum Gasteiger partial charge on any atom is 0.225 e. The normalized spacial score (nSPS) is 17.9. The number of benzene rings is 3. The van der Waals surface area contributed by atoms with Crippen molar-refractivity contribution in [1.29, 1.82) is 0 Å². The van der Waals surface area contributed by atoms with Crippen LogP contribution in [0.15, 0.2) is 66.7 Å². The first-order valence-electron chi connectivity index (χ1n) is 12.0. The summed E-state index contributed by atoms with van der Waals surface area (Å²) in [5, 5.41) is 2.61. The number of carbonyl (C=O) groups is 2. The van der Waals surface area contributed by atoms with Crippen LogP contribution in [-0.2, 0) is 11.3 Å². The van der Waals surface area contributed by atoms with E-state index in [2.05, 4.69) is 57.2 Å². The van der Waals surface area contributed by atoms with Crippen LogP contribution in [0.2, 0.25) is 0 Å². The highest BCUT2D eigenvalue weighted by Crippen LogP contribution is 2.26. The van der Waals surface area contributed by atoms with E-state index >= 15 is 0 Å². The van der Waals surface area contributed by atoms with Crippen LogP contribution >= 0.6 is 0 Å². The third kappa shape index (κ3) is 4.79. The van der Waals surface area contributed by atoms with Crippen LogP contribution in [-0.4, -0.2) is 61.3 Å². The van der Waals surface area contributed by atoms with E-state index in [1.165, 1.54) is 16.3 Å². The molecule has 0 radical (unpaired) electrons. The number of hydrogen-bond donors (Lipinski definition) is 0. The third-order valence-electron chi connectivity index (χ3n) is 7.20. The topological polar surface area (TPSA) is 43.9 Å². The first-order valence-corrected chi connectivity index (χ1v) is 12.0. The minimum atomic E-state index is 0.125. The fourth-order valence-electron chi connectivity index (χ4n) is 5.20. The molecule has 0 N–H and O–H groups in total. The molecular weight excluding hydrogens is 410 g/mol. The molecule has 2 aliphatic heterocycles. The Labute approximate surface area is 195 Å². The molecule has 1 amide bonds. The van der Waals surface area contributed by atoms with E-state index in [-0.39, 0.29) is 5.92 Å². The number of aldehydes is 1. The largest absolute Gasteiger partial charge is 0.371 e. The fraction of sp³-hybridized carbons (Fsp3) is 0.357. The standard InChI is InChI=1S/C28H31N3O2/c32-21-22-8-10-26(11-9-22)30-14-12-24(13-15-30)28(33)31-18-16-29(17-19-31)20-25-6-3-5-23-4-1-2-7-27(23)25/h1-11,21,24H,12-20H2. The lowest BCUT2D eigenvalue weighted by Crippen LogP contribution is -2.51. The van der Waals surface area contributed by atoms with Gasteiger partial charge in [-0.1, -0.05) is 42.5 Å². The summed E-state index contributed by atoms with van der Waals surface area (Å²) < 4.78 is 0. The van der Waals surface area contributed by atoms with Gasteiger partial charge in [0.1, 0.15) is 6.29 Å². The Kier molecular flexibility index (Phi) is 6.40. The van der Waals surface area contributed by atoms with Gasteiger partial charge in [0.15, 0.2) is 0 Å². The molecule has 0 unspecified atom stereocenters. The van der Waals surface area contributed by atoms with Gasteiger partial charge in [-0.15, -0.1) is 0 Å². The Morgan fingerprint density at radius 1 is 0.818 bits per heavy atom. The summed E-state index contributed by atoms with van der Waals surface area (Å²) in [7, 11) is 0. The maximum absolute atomic E-state index is 13.2. The Morgan fingerprint density at radius 2 is 1.52 bits per heavy atom. The number of anilines is 1. The first-order chi connectivity index (χ1) is 16.2. The summed E-state index contributed by atoms with van der Waals surface area (Å²) in [6.07, 6.45) is 2.66. The second-order valence-corrected chi connectivity index (χ2v) is 9.21. The summed E-state index contributed by atoms with van der Waals surface area (Å²) in [6, 6.07) is 22.8. The average Bonchev–Trinajstić information content (AvgIpc) is 2.89. The maximum atomic E-state index is 13.2. The fourth-order valence-corrected chi connectivity index (χ4v) is 5.20. The molecule has 0 atom stereocenters. The van der Waals surface area contributed by atoms with Crippen LogP contribution in [0.3, 0.4) is 0 Å². The Morgan fingerprint density at radius 3 is 2.24 bits per heavy atom. The van der Waals surface area contributed by atoms with Gasteiger partial charge in [-0.3, -0.25) is 14.5 Å². The Hall–Kier alpha value is -3.18.